The number of nitrogens with one attached hydrogen (secondary N) is 1. The van der Waals surface area contributed by atoms with Crippen molar-refractivity contribution in [1.29, 1.82) is 0 Å². The van der Waals surface area contributed by atoms with Gasteiger partial charge in [0.05, 0.1) is 23.0 Å². The molecule has 0 heterocycles. The van der Waals surface area contributed by atoms with Gasteiger partial charge < -0.3 is 9.47 Å². The molecule has 0 saturated carbocycles. The van der Waals surface area contributed by atoms with Gasteiger partial charge in [-0.25, -0.2) is 5.43 Å². The van der Waals surface area contributed by atoms with Gasteiger partial charge in [-0.15, -0.1) is 11.8 Å². The number of ether oxygens (including phenoxy) is 2. The predicted octanol–water partition coefficient (Wildman–Crippen LogP) is 6.63. The quantitative estimate of drug-likeness (QED) is 0.186. The molecule has 0 fully saturated rings. The molecular weight excluding hydrogens is 524 g/mol. The molecule has 1 amide bonds. The predicted molar refractivity (Wildman–Crippen MR) is 139 cm³/mol. The first-order valence-electron chi connectivity index (χ1n) is 10.2. The van der Waals surface area contributed by atoms with Crippen LogP contribution in [0.4, 0.5) is 0 Å². The van der Waals surface area contributed by atoms with Crippen molar-refractivity contribution in [2.45, 2.75) is 30.6 Å². The van der Waals surface area contributed by atoms with Gasteiger partial charge in [-0.1, -0.05) is 41.4 Å². The molecule has 0 radical (unpaired) electrons. The van der Waals surface area contributed by atoms with Crippen LogP contribution in [0.3, 0.4) is 0 Å². The molecule has 33 heavy (non-hydrogen) atoms. The molecule has 0 aliphatic carbocycles. The van der Waals surface area contributed by atoms with Gasteiger partial charge in [0, 0.05) is 9.92 Å². The molecule has 3 rings (SSSR count). The monoisotopic (exact) mass is 546 g/mol. The fraction of sp³-hybridized carbons (Fsp3) is 0.200. The molecule has 3 aromatic carbocycles. The number of amides is 1. The Labute approximate surface area is 211 Å². The highest BCUT2D eigenvalue weighted by molar-refractivity contribution is 9.10. The van der Waals surface area contributed by atoms with E-state index >= 15 is 0 Å². The van der Waals surface area contributed by atoms with Crippen LogP contribution in [0, 0.1) is 6.92 Å². The fourth-order valence-corrected chi connectivity index (χ4v) is 4.39. The van der Waals surface area contributed by atoms with Gasteiger partial charge in [0.1, 0.15) is 6.61 Å². The van der Waals surface area contributed by atoms with Gasteiger partial charge in [-0.05, 0) is 77.3 Å². The third-order valence-electron chi connectivity index (χ3n) is 4.64. The lowest BCUT2D eigenvalue weighted by atomic mass is 10.2. The fourth-order valence-electron chi connectivity index (χ4n) is 2.83. The number of thioether (sulfide) groups is 1. The highest BCUT2D eigenvalue weighted by atomic mass is 79.9. The number of nitrogens with zero attached hydrogens (tertiary/aromatic N) is 1. The molecule has 0 spiro atoms. The van der Waals surface area contributed by atoms with Gasteiger partial charge in [0.15, 0.2) is 11.5 Å². The van der Waals surface area contributed by atoms with Gasteiger partial charge in [0.25, 0.3) is 5.91 Å². The minimum absolute atomic E-state index is 0.199. The SMILES string of the molecule is COc1cc(/C=N\NC(=O)[C@@H](C)Sc2ccc(Cl)cc2)cc(Br)c1OCc1ccc(C)cc1. The highest BCUT2D eigenvalue weighted by Gasteiger charge is 2.14. The van der Waals surface area contributed by atoms with Crippen molar-refractivity contribution < 1.29 is 14.3 Å². The zero-order chi connectivity index (χ0) is 23.8. The third-order valence-corrected chi connectivity index (χ3v) is 6.59. The summed E-state index contributed by atoms with van der Waals surface area (Å²) in [6.07, 6.45) is 1.56. The van der Waals surface area contributed by atoms with E-state index in [1.807, 2.05) is 56.3 Å². The number of hydrazone groups is 1. The summed E-state index contributed by atoms with van der Waals surface area (Å²) in [5, 5.41) is 4.43. The van der Waals surface area contributed by atoms with E-state index in [-0.39, 0.29) is 11.2 Å². The first-order valence-corrected chi connectivity index (χ1v) is 12.2. The average Bonchev–Trinajstić information content (AvgIpc) is 2.80. The molecule has 0 saturated heterocycles. The molecule has 0 aliphatic heterocycles. The molecule has 0 aliphatic rings. The molecule has 5 nitrogen and oxygen atoms in total. The maximum Gasteiger partial charge on any atom is 0.253 e. The second-order valence-electron chi connectivity index (χ2n) is 7.26. The number of rotatable bonds is 9. The smallest absolute Gasteiger partial charge is 0.253 e. The van der Waals surface area contributed by atoms with Crippen molar-refractivity contribution in [3.8, 4) is 11.5 Å². The van der Waals surface area contributed by atoms with Crippen LogP contribution in [0.2, 0.25) is 5.02 Å². The number of hydrogen-bond acceptors (Lipinski definition) is 5. The standard InChI is InChI=1S/C25H24BrClN2O3S/c1-16-4-6-18(7-5-16)15-32-24-22(26)12-19(13-23(24)31-3)14-28-29-25(30)17(2)33-21-10-8-20(27)9-11-21/h4-14,17H,15H2,1-3H3,(H,29,30)/b28-14-/t17-/m1/s1. The Kier molecular flexibility index (Phi) is 9.23. The molecule has 0 aromatic heterocycles. The summed E-state index contributed by atoms with van der Waals surface area (Å²) in [7, 11) is 1.58. The van der Waals surface area contributed by atoms with Crippen LogP contribution in [-0.2, 0) is 11.4 Å². The van der Waals surface area contributed by atoms with E-state index in [2.05, 4.69) is 26.5 Å². The first-order chi connectivity index (χ1) is 15.9. The van der Waals surface area contributed by atoms with Crippen LogP contribution in [0.1, 0.15) is 23.6 Å². The molecule has 3 aromatic rings. The highest BCUT2D eigenvalue weighted by Crippen LogP contribution is 2.37. The maximum absolute atomic E-state index is 12.4. The lowest BCUT2D eigenvalue weighted by Crippen LogP contribution is -2.26. The van der Waals surface area contributed by atoms with Crippen LogP contribution in [0.25, 0.3) is 0 Å². The van der Waals surface area contributed by atoms with Crippen LogP contribution in [0.5, 0.6) is 11.5 Å². The second-order valence-corrected chi connectivity index (χ2v) is 9.96. The summed E-state index contributed by atoms with van der Waals surface area (Å²) in [6, 6.07) is 19.2. The van der Waals surface area contributed by atoms with Crippen molar-refractivity contribution in [3.63, 3.8) is 0 Å². The minimum Gasteiger partial charge on any atom is -0.493 e. The van der Waals surface area contributed by atoms with Crippen molar-refractivity contribution in [3.05, 3.63) is 86.8 Å². The summed E-state index contributed by atoms with van der Waals surface area (Å²) < 4.78 is 12.2. The molecule has 8 heteroatoms. The van der Waals surface area contributed by atoms with Gasteiger partial charge in [-0.3, -0.25) is 4.79 Å². The Bertz CT molecular complexity index is 1120. The number of aryl methyl sites for hydroxylation is 1. The number of halogens is 2. The number of carbonyl (C=O) groups is 1. The van der Waals surface area contributed by atoms with Crippen LogP contribution in [-0.4, -0.2) is 24.5 Å². The summed E-state index contributed by atoms with van der Waals surface area (Å²) >= 11 is 10.9. The largest absolute Gasteiger partial charge is 0.493 e. The van der Waals surface area contributed by atoms with E-state index in [9.17, 15) is 4.79 Å². The van der Waals surface area contributed by atoms with Crippen molar-refractivity contribution in [1.82, 2.24) is 5.43 Å². The molecule has 0 unspecified atom stereocenters. The van der Waals surface area contributed by atoms with Gasteiger partial charge in [-0.2, -0.15) is 5.10 Å². The van der Waals surface area contributed by atoms with Gasteiger partial charge in [0.2, 0.25) is 0 Å². The van der Waals surface area contributed by atoms with Crippen LogP contribution < -0.4 is 14.9 Å². The Morgan fingerprint density at radius 1 is 1.18 bits per heavy atom. The van der Waals surface area contributed by atoms with Crippen molar-refractivity contribution in [2.24, 2.45) is 5.10 Å². The number of hydrogen-bond donors (Lipinski definition) is 1. The van der Waals surface area contributed by atoms with Gasteiger partial charge >= 0.3 is 0 Å². The molecule has 1 N–H and O–H groups in total. The van der Waals surface area contributed by atoms with Crippen molar-refractivity contribution >= 4 is 51.4 Å². The van der Waals surface area contributed by atoms with E-state index in [1.54, 1.807) is 31.5 Å². The Balaban J connectivity index is 1.60. The zero-order valence-electron chi connectivity index (χ0n) is 18.5. The zero-order valence-corrected chi connectivity index (χ0v) is 21.6. The molecule has 172 valence electrons. The lowest BCUT2D eigenvalue weighted by Gasteiger charge is -2.14. The minimum atomic E-state index is -0.317. The van der Waals surface area contributed by atoms with Crippen molar-refractivity contribution in [2.75, 3.05) is 7.11 Å². The van der Waals surface area contributed by atoms with Crippen LogP contribution >= 0.6 is 39.3 Å². The Hall–Kier alpha value is -2.48. The van der Waals surface area contributed by atoms with E-state index < -0.39 is 0 Å². The van der Waals surface area contributed by atoms with E-state index in [0.717, 1.165) is 20.5 Å². The normalized spacial score (nSPS) is 11.9. The Morgan fingerprint density at radius 3 is 2.55 bits per heavy atom. The third kappa shape index (κ3) is 7.52. The molecule has 1 atom stereocenters. The number of carbonyl (C=O) groups excluding carboxylic acids is 1. The summed E-state index contributed by atoms with van der Waals surface area (Å²) in [4.78, 5) is 13.3. The number of methoxy groups -OCH3 is 1. The number of benzene rings is 3. The Morgan fingerprint density at radius 2 is 1.88 bits per heavy atom. The van der Waals surface area contributed by atoms with E-state index in [4.69, 9.17) is 21.1 Å². The summed E-state index contributed by atoms with van der Waals surface area (Å²) in [5.74, 6) is 0.971. The van der Waals surface area contributed by atoms with Crippen LogP contribution in [0.15, 0.2) is 75.1 Å². The molecular formula is C25H24BrClN2O3S. The maximum atomic E-state index is 12.4. The van der Waals surface area contributed by atoms with E-state index in [1.165, 1.54) is 17.3 Å². The summed E-state index contributed by atoms with van der Waals surface area (Å²) in [5.41, 5.74) is 5.59. The summed E-state index contributed by atoms with van der Waals surface area (Å²) in [6.45, 7) is 4.29. The van der Waals surface area contributed by atoms with E-state index in [0.29, 0.717) is 23.1 Å². The average molecular weight is 548 g/mol. The topological polar surface area (TPSA) is 59.9 Å². The second kappa shape index (κ2) is 12.1. The lowest BCUT2D eigenvalue weighted by molar-refractivity contribution is -0.120. The molecule has 0 bridgehead atoms. The first kappa shape index (κ1) is 25.1.